The lowest BCUT2D eigenvalue weighted by Crippen LogP contribution is -2.34. The number of hydrogen-bond donors (Lipinski definition) is 1. The van der Waals surface area contributed by atoms with Crippen molar-refractivity contribution < 1.29 is 22.4 Å². The Morgan fingerprint density at radius 3 is 2.74 bits per heavy atom. The van der Waals surface area contributed by atoms with Gasteiger partial charge in [0, 0.05) is 25.2 Å². The number of carbonyl (C=O) groups excluding carboxylic acids is 1. The van der Waals surface area contributed by atoms with Crippen molar-refractivity contribution in [2.45, 2.75) is 31.2 Å². The number of ether oxygens (including phenoxy) is 1. The number of furan rings is 1. The first-order valence-corrected chi connectivity index (χ1v) is 8.54. The Morgan fingerprint density at radius 2 is 2.17 bits per heavy atom. The van der Waals surface area contributed by atoms with E-state index in [2.05, 4.69) is 9.46 Å². The number of esters is 1. The van der Waals surface area contributed by atoms with Crippen molar-refractivity contribution >= 4 is 16.0 Å². The van der Waals surface area contributed by atoms with Crippen LogP contribution in [-0.4, -0.2) is 32.1 Å². The Bertz CT molecular complexity index is 790. The molecule has 0 aromatic carbocycles. The molecule has 2 rings (SSSR count). The molecule has 1 N–H and O–H groups in total. The van der Waals surface area contributed by atoms with Gasteiger partial charge in [-0.2, -0.15) is 0 Å². The number of nitrogens with one attached hydrogen (secondary N) is 1. The summed E-state index contributed by atoms with van der Waals surface area (Å²) < 4.78 is 39.1. The second-order valence-corrected chi connectivity index (χ2v) is 7.02. The second-order valence-electron chi connectivity index (χ2n) is 5.34. The monoisotopic (exact) mass is 340 g/mol. The van der Waals surface area contributed by atoms with Gasteiger partial charge in [-0.25, -0.2) is 17.9 Å². The summed E-state index contributed by atoms with van der Waals surface area (Å²) in [5.41, 5.74) is 0.646. The Morgan fingerprint density at radius 1 is 1.48 bits per heavy atom. The van der Waals surface area contributed by atoms with E-state index < -0.39 is 16.0 Å². The molecular formula is C15H20N2O5S. The van der Waals surface area contributed by atoms with E-state index in [4.69, 9.17) is 4.42 Å². The van der Waals surface area contributed by atoms with E-state index in [0.29, 0.717) is 17.9 Å². The van der Waals surface area contributed by atoms with Gasteiger partial charge in [-0.05, 0) is 32.0 Å². The van der Waals surface area contributed by atoms with E-state index in [9.17, 15) is 13.2 Å². The van der Waals surface area contributed by atoms with E-state index in [-0.39, 0.29) is 16.6 Å². The van der Waals surface area contributed by atoms with Gasteiger partial charge in [0.25, 0.3) is 0 Å². The number of aromatic nitrogens is 1. The molecular weight excluding hydrogens is 320 g/mol. The molecule has 8 heteroatoms. The third-order valence-electron chi connectivity index (χ3n) is 3.62. The Balaban J connectivity index is 2.24. The number of carbonyl (C=O) groups is 1. The smallest absolute Gasteiger partial charge is 0.354 e. The lowest BCUT2D eigenvalue weighted by atomic mass is 10.2. The number of nitrogens with zero attached hydrogens (tertiary/aromatic N) is 1. The molecule has 0 aliphatic rings. The lowest BCUT2D eigenvalue weighted by Gasteiger charge is -2.13. The van der Waals surface area contributed by atoms with Gasteiger partial charge in [-0.3, -0.25) is 0 Å². The summed E-state index contributed by atoms with van der Waals surface area (Å²) in [6.45, 7) is 3.39. The van der Waals surface area contributed by atoms with Gasteiger partial charge in [0.15, 0.2) is 0 Å². The van der Waals surface area contributed by atoms with Crippen molar-refractivity contribution in [1.82, 2.24) is 9.29 Å². The van der Waals surface area contributed by atoms with Crippen LogP contribution in [0.25, 0.3) is 0 Å². The minimum atomic E-state index is -3.76. The van der Waals surface area contributed by atoms with Gasteiger partial charge in [-0.15, -0.1) is 0 Å². The van der Waals surface area contributed by atoms with Crippen LogP contribution in [0.15, 0.2) is 33.8 Å². The standard InChI is InChI=1S/C15H20N2O5S/c1-10(8-12-6-5-7-22-12)16-23(19,20)14-9-13(15(18)21-4)17(3)11(14)2/h5-7,9-10,16H,8H2,1-4H3/t10-/m1/s1. The minimum absolute atomic E-state index is 0.0618. The van der Waals surface area contributed by atoms with Crippen LogP contribution >= 0.6 is 0 Å². The average Bonchev–Trinajstić information content (AvgIpc) is 3.07. The molecule has 0 amide bonds. The van der Waals surface area contributed by atoms with Gasteiger partial charge in [0.05, 0.1) is 13.4 Å². The Kier molecular flexibility index (Phi) is 4.96. The minimum Gasteiger partial charge on any atom is -0.469 e. The molecule has 0 unspecified atom stereocenters. The molecule has 23 heavy (non-hydrogen) atoms. The predicted molar refractivity (Wildman–Crippen MR) is 83.7 cm³/mol. The summed E-state index contributed by atoms with van der Waals surface area (Å²) in [6.07, 6.45) is 1.97. The molecule has 1 atom stereocenters. The highest BCUT2D eigenvalue weighted by molar-refractivity contribution is 7.89. The van der Waals surface area contributed by atoms with Gasteiger partial charge in [0.1, 0.15) is 16.3 Å². The first kappa shape index (κ1) is 17.3. The Labute approximate surface area is 135 Å². The van der Waals surface area contributed by atoms with Crippen LogP contribution in [0.5, 0.6) is 0 Å². The molecule has 0 spiro atoms. The van der Waals surface area contributed by atoms with Gasteiger partial charge >= 0.3 is 5.97 Å². The number of hydrogen-bond acceptors (Lipinski definition) is 5. The molecule has 0 saturated carbocycles. The van der Waals surface area contributed by atoms with Crippen molar-refractivity contribution in [3.63, 3.8) is 0 Å². The van der Waals surface area contributed by atoms with Gasteiger partial charge in [-0.1, -0.05) is 0 Å². The molecule has 2 aromatic rings. The van der Waals surface area contributed by atoms with Crippen LogP contribution in [0.3, 0.4) is 0 Å². The summed E-state index contributed by atoms with van der Waals surface area (Å²) in [7, 11) is -0.887. The highest BCUT2D eigenvalue weighted by Crippen LogP contribution is 2.20. The fourth-order valence-corrected chi connectivity index (χ4v) is 3.88. The summed E-state index contributed by atoms with van der Waals surface area (Å²) in [6, 6.07) is 4.50. The maximum absolute atomic E-state index is 12.6. The largest absolute Gasteiger partial charge is 0.469 e. The van der Waals surface area contributed by atoms with E-state index >= 15 is 0 Å². The van der Waals surface area contributed by atoms with Crippen molar-refractivity contribution in [1.29, 1.82) is 0 Å². The quantitative estimate of drug-likeness (QED) is 0.807. The van der Waals surface area contributed by atoms with Crippen LogP contribution in [0.4, 0.5) is 0 Å². The van der Waals surface area contributed by atoms with Crippen molar-refractivity contribution in [2.75, 3.05) is 7.11 Å². The molecule has 0 radical (unpaired) electrons. The van der Waals surface area contributed by atoms with Crippen LogP contribution in [0.2, 0.25) is 0 Å². The van der Waals surface area contributed by atoms with Crippen molar-refractivity contribution in [2.24, 2.45) is 7.05 Å². The first-order valence-electron chi connectivity index (χ1n) is 7.05. The molecule has 7 nitrogen and oxygen atoms in total. The third-order valence-corrected chi connectivity index (χ3v) is 5.32. The zero-order valence-electron chi connectivity index (χ0n) is 13.5. The SMILES string of the molecule is COC(=O)c1cc(S(=O)(=O)N[C@H](C)Cc2ccco2)c(C)n1C. The number of rotatable bonds is 6. The maximum atomic E-state index is 12.6. The van der Waals surface area contributed by atoms with Crippen molar-refractivity contribution in [3.05, 3.63) is 41.6 Å². The number of methoxy groups -OCH3 is 1. The van der Waals surface area contributed by atoms with E-state index in [1.54, 1.807) is 39.3 Å². The fraction of sp³-hybridized carbons (Fsp3) is 0.400. The van der Waals surface area contributed by atoms with Crippen LogP contribution < -0.4 is 4.72 Å². The highest BCUT2D eigenvalue weighted by Gasteiger charge is 2.26. The average molecular weight is 340 g/mol. The second kappa shape index (κ2) is 6.59. The molecule has 0 bridgehead atoms. The molecule has 0 aliphatic heterocycles. The van der Waals surface area contributed by atoms with Crippen LogP contribution in [0, 0.1) is 6.92 Å². The molecule has 126 valence electrons. The predicted octanol–water partition coefficient (Wildman–Crippen LogP) is 1.62. The normalized spacial score (nSPS) is 13.0. The molecule has 2 aromatic heterocycles. The Hall–Kier alpha value is -2.06. The van der Waals surface area contributed by atoms with E-state index in [1.165, 1.54) is 17.7 Å². The van der Waals surface area contributed by atoms with Crippen LogP contribution in [0.1, 0.15) is 28.9 Å². The third kappa shape index (κ3) is 3.65. The zero-order chi connectivity index (χ0) is 17.2. The highest BCUT2D eigenvalue weighted by atomic mass is 32.2. The van der Waals surface area contributed by atoms with Gasteiger partial charge in [0.2, 0.25) is 10.0 Å². The van der Waals surface area contributed by atoms with E-state index in [1.807, 2.05) is 0 Å². The topological polar surface area (TPSA) is 90.5 Å². The molecule has 0 fully saturated rings. The molecule has 0 saturated heterocycles. The summed E-state index contributed by atoms with van der Waals surface area (Å²) in [5.74, 6) is 0.112. The lowest BCUT2D eigenvalue weighted by molar-refractivity contribution is 0.0589. The number of sulfonamides is 1. The van der Waals surface area contributed by atoms with Crippen LogP contribution in [-0.2, 0) is 28.2 Å². The maximum Gasteiger partial charge on any atom is 0.354 e. The van der Waals surface area contributed by atoms with Gasteiger partial charge < -0.3 is 13.7 Å². The zero-order valence-corrected chi connectivity index (χ0v) is 14.3. The summed E-state index contributed by atoms with van der Waals surface area (Å²) >= 11 is 0. The molecule has 2 heterocycles. The fourth-order valence-electron chi connectivity index (χ4n) is 2.34. The first-order chi connectivity index (χ1) is 10.8. The van der Waals surface area contributed by atoms with Crippen molar-refractivity contribution in [3.8, 4) is 0 Å². The molecule has 0 aliphatic carbocycles. The van der Waals surface area contributed by atoms with E-state index in [0.717, 1.165) is 0 Å². The summed E-state index contributed by atoms with van der Waals surface area (Å²) in [4.78, 5) is 11.8. The summed E-state index contributed by atoms with van der Waals surface area (Å²) in [5, 5.41) is 0.